The average molecular weight is 226 g/mol. The number of carboxylic acids is 1. The van der Waals surface area contributed by atoms with Crippen LogP contribution in [0.25, 0.3) is 0 Å². The average Bonchev–Trinajstić information content (AvgIpc) is 2.05. The molecule has 15 heavy (non-hydrogen) atoms. The van der Waals surface area contributed by atoms with Crippen molar-refractivity contribution in [1.82, 2.24) is 4.98 Å². The molecule has 1 saturated carbocycles. The molecule has 1 N–H and O–H groups in total. The van der Waals surface area contributed by atoms with Crippen molar-refractivity contribution in [3.63, 3.8) is 0 Å². The Hall–Kier alpha value is -1.09. The standard InChI is InChI=1S/C11H12ClNO2/c1-7-3-4-8(9(12)13-7)11(10(14)15)5-2-6-11/h3-4H,2,5-6H2,1H3,(H,14,15). The Labute approximate surface area is 93.1 Å². The molecule has 0 amide bonds. The third-order valence-corrected chi connectivity index (χ3v) is 3.41. The highest BCUT2D eigenvalue weighted by Crippen LogP contribution is 2.45. The van der Waals surface area contributed by atoms with Crippen molar-refractivity contribution in [3.05, 3.63) is 28.5 Å². The summed E-state index contributed by atoms with van der Waals surface area (Å²) in [4.78, 5) is 15.4. The maximum Gasteiger partial charge on any atom is 0.314 e. The fourth-order valence-electron chi connectivity index (χ4n) is 2.01. The van der Waals surface area contributed by atoms with Gasteiger partial charge in [-0.2, -0.15) is 0 Å². The number of hydrogen-bond donors (Lipinski definition) is 1. The third-order valence-electron chi connectivity index (χ3n) is 3.12. The Kier molecular flexibility index (Phi) is 2.43. The van der Waals surface area contributed by atoms with E-state index >= 15 is 0 Å². The minimum atomic E-state index is -0.790. The summed E-state index contributed by atoms with van der Waals surface area (Å²) < 4.78 is 0. The first-order valence-electron chi connectivity index (χ1n) is 4.93. The van der Waals surface area contributed by atoms with Crippen molar-refractivity contribution in [2.45, 2.75) is 31.6 Å². The Balaban J connectivity index is 2.48. The molecule has 3 nitrogen and oxygen atoms in total. The summed E-state index contributed by atoms with van der Waals surface area (Å²) in [6, 6.07) is 3.60. The summed E-state index contributed by atoms with van der Waals surface area (Å²) >= 11 is 6.00. The number of carbonyl (C=O) groups is 1. The fraction of sp³-hybridized carbons (Fsp3) is 0.455. The van der Waals surface area contributed by atoms with E-state index in [2.05, 4.69) is 4.98 Å². The molecule has 2 rings (SSSR count). The molecule has 0 saturated heterocycles. The summed E-state index contributed by atoms with van der Waals surface area (Å²) in [6.07, 6.45) is 2.26. The molecule has 80 valence electrons. The number of aryl methyl sites for hydroxylation is 1. The molecule has 0 radical (unpaired) electrons. The number of nitrogens with zero attached hydrogens (tertiary/aromatic N) is 1. The third kappa shape index (κ3) is 1.51. The number of aromatic nitrogens is 1. The molecule has 0 atom stereocenters. The van der Waals surface area contributed by atoms with Gasteiger partial charge < -0.3 is 5.11 Å². The molecule has 1 aromatic rings. The second-order valence-electron chi connectivity index (χ2n) is 4.03. The number of rotatable bonds is 2. The summed E-state index contributed by atoms with van der Waals surface area (Å²) in [5.74, 6) is -0.790. The molecule has 1 fully saturated rings. The molecule has 1 heterocycles. The maximum atomic E-state index is 11.3. The van der Waals surface area contributed by atoms with E-state index in [1.807, 2.05) is 13.0 Å². The molecule has 0 unspecified atom stereocenters. The van der Waals surface area contributed by atoms with Crippen molar-refractivity contribution >= 4 is 17.6 Å². The van der Waals surface area contributed by atoms with Gasteiger partial charge in [0.05, 0.1) is 5.41 Å². The number of hydrogen-bond acceptors (Lipinski definition) is 2. The minimum absolute atomic E-state index is 0.331. The van der Waals surface area contributed by atoms with Gasteiger partial charge in [-0.1, -0.05) is 24.1 Å². The van der Waals surface area contributed by atoms with Gasteiger partial charge in [0.15, 0.2) is 0 Å². The van der Waals surface area contributed by atoms with E-state index in [1.54, 1.807) is 6.07 Å². The van der Waals surface area contributed by atoms with Crippen LogP contribution in [0.2, 0.25) is 5.15 Å². The van der Waals surface area contributed by atoms with Crippen LogP contribution >= 0.6 is 11.6 Å². The predicted molar refractivity (Wildman–Crippen MR) is 57.1 cm³/mol. The Morgan fingerprint density at radius 2 is 2.20 bits per heavy atom. The first-order chi connectivity index (χ1) is 7.06. The molecular formula is C11H12ClNO2. The zero-order valence-corrected chi connectivity index (χ0v) is 9.21. The zero-order chi connectivity index (χ0) is 11.1. The lowest BCUT2D eigenvalue weighted by Crippen LogP contribution is -2.42. The monoisotopic (exact) mass is 225 g/mol. The minimum Gasteiger partial charge on any atom is -0.481 e. The number of carboxylic acid groups (broad SMARTS) is 1. The normalized spacial score (nSPS) is 18.3. The SMILES string of the molecule is Cc1ccc(C2(C(=O)O)CCC2)c(Cl)n1. The van der Waals surface area contributed by atoms with Crippen LogP contribution in [0.15, 0.2) is 12.1 Å². The van der Waals surface area contributed by atoms with Gasteiger partial charge >= 0.3 is 5.97 Å². The van der Waals surface area contributed by atoms with Gasteiger partial charge in [-0.3, -0.25) is 4.79 Å². The molecular weight excluding hydrogens is 214 g/mol. The van der Waals surface area contributed by atoms with Gasteiger partial charge in [-0.15, -0.1) is 0 Å². The van der Waals surface area contributed by atoms with Crippen LogP contribution < -0.4 is 0 Å². The quantitative estimate of drug-likeness (QED) is 0.787. The lowest BCUT2D eigenvalue weighted by atomic mass is 9.65. The topological polar surface area (TPSA) is 50.2 Å². The van der Waals surface area contributed by atoms with Crippen molar-refractivity contribution in [2.75, 3.05) is 0 Å². The van der Waals surface area contributed by atoms with E-state index in [-0.39, 0.29) is 0 Å². The summed E-state index contributed by atoms with van der Waals surface area (Å²) in [5, 5.41) is 9.58. The highest BCUT2D eigenvalue weighted by Gasteiger charge is 2.47. The van der Waals surface area contributed by atoms with E-state index in [0.717, 1.165) is 12.1 Å². The van der Waals surface area contributed by atoms with Gasteiger partial charge in [0.25, 0.3) is 0 Å². The van der Waals surface area contributed by atoms with Crippen LogP contribution in [-0.2, 0) is 10.2 Å². The van der Waals surface area contributed by atoms with Crippen LogP contribution in [-0.4, -0.2) is 16.1 Å². The number of halogens is 1. The second-order valence-corrected chi connectivity index (χ2v) is 4.39. The summed E-state index contributed by atoms with van der Waals surface area (Å²) in [5.41, 5.74) is 0.690. The van der Waals surface area contributed by atoms with E-state index in [0.29, 0.717) is 23.6 Å². The number of aliphatic carboxylic acids is 1. The molecule has 4 heteroatoms. The van der Waals surface area contributed by atoms with Gasteiger partial charge in [0.1, 0.15) is 5.15 Å². The highest BCUT2D eigenvalue weighted by atomic mass is 35.5. The Bertz CT molecular complexity index is 413. The van der Waals surface area contributed by atoms with Crippen LogP contribution in [0.1, 0.15) is 30.5 Å². The van der Waals surface area contributed by atoms with Gasteiger partial charge in [0, 0.05) is 11.3 Å². The van der Waals surface area contributed by atoms with Crippen molar-refractivity contribution in [2.24, 2.45) is 0 Å². The van der Waals surface area contributed by atoms with Gasteiger partial charge in [0.2, 0.25) is 0 Å². The lowest BCUT2D eigenvalue weighted by molar-refractivity contribution is -0.147. The second kappa shape index (κ2) is 3.49. The maximum absolute atomic E-state index is 11.3. The predicted octanol–water partition coefficient (Wildman–Crippen LogP) is 2.55. The van der Waals surface area contributed by atoms with Gasteiger partial charge in [-0.25, -0.2) is 4.98 Å². The van der Waals surface area contributed by atoms with E-state index in [9.17, 15) is 9.90 Å². The smallest absolute Gasteiger partial charge is 0.314 e. The molecule has 1 aliphatic carbocycles. The molecule has 0 bridgehead atoms. The van der Waals surface area contributed by atoms with Crippen LogP contribution in [0.4, 0.5) is 0 Å². The number of pyridine rings is 1. The van der Waals surface area contributed by atoms with Crippen molar-refractivity contribution < 1.29 is 9.90 Å². The summed E-state index contributed by atoms with van der Waals surface area (Å²) in [7, 11) is 0. The van der Waals surface area contributed by atoms with Crippen LogP contribution in [0.5, 0.6) is 0 Å². The van der Waals surface area contributed by atoms with E-state index < -0.39 is 11.4 Å². The first-order valence-corrected chi connectivity index (χ1v) is 5.31. The Morgan fingerprint density at radius 3 is 2.60 bits per heavy atom. The van der Waals surface area contributed by atoms with Crippen molar-refractivity contribution in [1.29, 1.82) is 0 Å². The molecule has 1 aliphatic rings. The fourth-order valence-corrected chi connectivity index (χ4v) is 2.39. The van der Waals surface area contributed by atoms with Gasteiger partial charge in [-0.05, 0) is 25.8 Å². The largest absolute Gasteiger partial charge is 0.481 e. The zero-order valence-electron chi connectivity index (χ0n) is 8.46. The Morgan fingerprint density at radius 1 is 1.53 bits per heavy atom. The highest BCUT2D eigenvalue weighted by molar-refractivity contribution is 6.30. The molecule has 1 aromatic heterocycles. The van der Waals surface area contributed by atoms with Crippen LogP contribution in [0, 0.1) is 6.92 Å². The molecule has 0 aliphatic heterocycles. The van der Waals surface area contributed by atoms with E-state index in [1.165, 1.54) is 0 Å². The van der Waals surface area contributed by atoms with Crippen LogP contribution in [0.3, 0.4) is 0 Å². The first kappa shape index (κ1) is 10.4. The van der Waals surface area contributed by atoms with E-state index in [4.69, 9.17) is 11.6 Å². The summed E-state index contributed by atoms with van der Waals surface area (Å²) in [6.45, 7) is 1.84. The molecule has 0 aromatic carbocycles. The lowest BCUT2D eigenvalue weighted by Gasteiger charge is -2.38. The van der Waals surface area contributed by atoms with Crippen molar-refractivity contribution in [3.8, 4) is 0 Å². The molecule has 0 spiro atoms.